The second-order valence-electron chi connectivity index (χ2n) is 14.3. The van der Waals surface area contributed by atoms with Gasteiger partial charge >= 0.3 is 11.9 Å². The Morgan fingerprint density at radius 2 is 0.478 bits per heavy atom. The van der Waals surface area contributed by atoms with Crippen LogP contribution in [0.4, 0.5) is 0 Å². The lowest BCUT2D eigenvalue weighted by atomic mass is 10.0. The Morgan fingerprint density at radius 3 is 0.717 bits per heavy atom. The maximum atomic E-state index is 11.9. The summed E-state index contributed by atoms with van der Waals surface area (Å²) in [6.07, 6.45) is 44.9. The van der Waals surface area contributed by atoms with Gasteiger partial charge < -0.3 is 9.47 Å². The van der Waals surface area contributed by atoms with Crippen LogP contribution in [0, 0.1) is 0 Å². The van der Waals surface area contributed by atoms with Gasteiger partial charge in [0.2, 0.25) is 0 Å². The van der Waals surface area contributed by atoms with Crippen LogP contribution in [0.15, 0.2) is 0 Å². The molecule has 46 heavy (non-hydrogen) atoms. The van der Waals surface area contributed by atoms with E-state index in [2.05, 4.69) is 13.8 Å². The van der Waals surface area contributed by atoms with Crippen LogP contribution in [0.2, 0.25) is 0 Å². The van der Waals surface area contributed by atoms with Crippen LogP contribution >= 0.6 is 0 Å². The first-order valence-electron chi connectivity index (χ1n) is 21.0. The standard InChI is InChI=1S/C42H82O4/c1-3-5-7-9-11-21-25-29-33-37-41(43)45-39-35-31-27-23-19-17-15-13-14-16-18-20-24-28-32-36-40-46-42(44)38-34-30-26-22-12-10-8-6-4-2/h3-40H2,1-2H3. The zero-order chi connectivity index (χ0) is 33.4. The third kappa shape index (κ3) is 39.1. The minimum absolute atomic E-state index is 0.0111. The molecule has 0 aromatic heterocycles. The lowest BCUT2D eigenvalue weighted by Crippen LogP contribution is -2.05. The van der Waals surface area contributed by atoms with Crippen LogP contribution in [-0.2, 0) is 19.1 Å². The van der Waals surface area contributed by atoms with Gasteiger partial charge in [-0.1, -0.05) is 206 Å². The molecule has 0 aliphatic rings. The van der Waals surface area contributed by atoms with E-state index < -0.39 is 0 Å². The second-order valence-corrected chi connectivity index (χ2v) is 14.3. The molecule has 0 saturated carbocycles. The van der Waals surface area contributed by atoms with Gasteiger partial charge in [-0.3, -0.25) is 9.59 Å². The zero-order valence-electron chi connectivity index (χ0n) is 31.5. The van der Waals surface area contributed by atoms with E-state index in [1.54, 1.807) is 0 Å². The van der Waals surface area contributed by atoms with Gasteiger partial charge in [-0.15, -0.1) is 0 Å². The average Bonchev–Trinajstić information content (AvgIpc) is 3.05. The van der Waals surface area contributed by atoms with E-state index in [0.717, 1.165) is 25.7 Å². The lowest BCUT2D eigenvalue weighted by Gasteiger charge is -2.06. The monoisotopic (exact) mass is 651 g/mol. The third-order valence-electron chi connectivity index (χ3n) is 9.53. The van der Waals surface area contributed by atoms with Crippen molar-refractivity contribution in [3.05, 3.63) is 0 Å². The Labute approximate surface area is 288 Å². The maximum absolute atomic E-state index is 11.9. The molecule has 0 saturated heterocycles. The van der Waals surface area contributed by atoms with Crippen molar-refractivity contribution < 1.29 is 19.1 Å². The lowest BCUT2D eigenvalue weighted by molar-refractivity contribution is -0.144. The summed E-state index contributed by atoms with van der Waals surface area (Å²) >= 11 is 0. The molecule has 0 aromatic carbocycles. The van der Waals surface area contributed by atoms with Gasteiger partial charge in [0.15, 0.2) is 0 Å². The quantitative estimate of drug-likeness (QED) is 0.0490. The number of rotatable bonds is 39. The van der Waals surface area contributed by atoms with Crippen LogP contribution in [0.25, 0.3) is 0 Å². The van der Waals surface area contributed by atoms with Gasteiger partial charge in [0.05, 0.1) is 13.2 Å². The van der Waals surface area contributed by atoms with E-state index in [1.165, 1.54) is 193 Å². The van der Waals surface area contributed by atoms with E-state index in [0.29, 0.717) is 26.1 Å². The first-order chi connectivity index (χ1) is 22.7. The van der Waals surface area contributed by atoms with Gasteiger partial charge in [-0.05, 0) is 25.7 Å². The molecule has 0 aliphatic heterocycles. The summed E-state index contributed by atoms with van der Waals surface area (Å²) in [6.45, 7) is 5.76. The molecule has 0 heterocycles. The number of hydrogen-bond donors (Lipinski definition) is 0. The summed E-state index contributed by atoms with van der Waals surface area (Å²) in [5.74, 6) is 0.0222. The number of esters is 2. The molecule has 0 atom stereocenters. The number of unbranched alkanes of at least 4 members (excludes halogenated alkanes) is 31. The SMILES string of the molecule is CCCCCCCCCCCC(=O)OCCCCCCCCCCCCCCCCCCOC(=O)CCCCCCCCCCC. The fraction of sp³-hybridized carbons (Fsp3) is 0.952. The van der Waals surface area contributed by atoms with Gasteiger partial charge in [0, 0.05) is 12.8 Å². The topological polar surface area (TPSA) is 52.6 Å². The first kappa shape index (κ1) is 44.9. The molecule has 0 rings (SSSR count). The van der Waals surface area contributed by atoms with Crippen LogP contribution < -0.4 is 0 Å². The van der Waals surface area contributed by atoms with Crippen molar-refractivity contribution in [2.75, 3.05) is 13.2 Å². The van der Waals surface area contributed by atoms with E-state index in [9.17, 15) is 9.59 Å². The third-order valence-corrected chi connectivity index (χ3v) is 9.53. The molecule has 0 unspecified atom stereocenters. The van der Waals surface area contributed by atoms with Crippen LogP contribution in [0.3, 0.4) is 0 Å². The molecule has 0 N–H and O–H groups in total. The van der Waals surface area contributed by atoms with E-state index in [4.69, 9.17) is 9.47 Å². The summed E-state index contributed by atoms with van der Waals surface area (Å²) in [4.78, 5) is 23.8. The second kappa shape index (κ2) is 40.1. The minimum Gasteiger partial charge on any atom is -0.466 e. The molecule has 4 nitrogen and oxygen atoms in total. The van der Waals surface area contributed by atoms with Crippen molar-refractivity contribution in [2.45, 2.75) is 245 Å². The Kier molecular flexibility index (Phi) is 39.2. The summed E-state index contributed by atoms with van der Waals surface area (Å²) < 4.78 is 10.8. The largest absolute Gasteiger partial charge is 0.466 e. The molecule has 0 aromatic rings. The molecular formula is C42H82O4. The summed E-state index contributed by atoms with van der Waals surface area (Å²) in [6, 6.07) is 0. The molecule has 0 fully saturated rings. The van der Waals surface area contributed by atoms with Gasteiger partial charge in [0.1, 0.15) is 0 Å². The Morgan fingerprint density at radius 1 is 0.283 bits per heavy atom. The van der Waals surface area contributed by atoms with Crippen molar-refractivity contribution in [1.82, 2.24) is 0 Å². The van der Waals surface area contributed by atoms with Crippen molar-refractivity contribution in [3.63, 3.8) is 0 Å². The smallest absolute Gasteiger partial charge is 0.305 e. The van der Waals surface area contributed by atoms with E-state index >= 15 is 0 Å². The van der Waals surface area contributed by atoms with Crippen LogP contribution in [-0.4, -0.2) is 25.2 Å². The molecule has 0 bridgehead atoms. The van der Waals surface area contributed by atoms with Crippen LogP contribution in [0.1, 0.15) is 245 Å². The van der Waals surface area contributed by atoms with Crippen LogP contribution in [0.5, 0.6) is 0 Å². The van der Waals surface area contributed by atoms with E-state index in [1.807, 2.05) is 0 Å². The van der Waals surface area contributed by atoms with Gasteiger partial charge in [0.25, 0.3) is 0 Å². The minimum atomic E-state index is 0.0111. The summed E-state index contributed by atoms with van der Waals surface area (Å²) in [5.41, 5.74) is 0. The Bertz CT molecular complexity index is 552. The number of ether oxygens (including phenoxy) is 2. The van der Waals surface area contributed by atoms with Crippen molar-refractivity contribution >= 4 is 11.9 Å². The molecule has 0 aliphatic carbocycles. The van der Waals surface area contributed by atoms with Crippen molar-refractivity contribution in [2.24, 2.45) is 0 Å². The maximum Gasteiger partial charge on any atom is 0.305 e. The highest BCUT2D eigenvalue weighted by Gasteiger charge is 2.04. The zero-order valence-corrected chi connectivity index (χ0v) is 31.5. The number of carbonyl (C=O) groups excluding carboxylic acids is 2. The normalized spacial score (nSPS) is 11.3. The Hall–Kier alpha value is -1.06. The fourth-order valence-corrected chi connectivity index (χ4v) is 6.36. The van der Waals surface area contributed by atoms with Gasteiger partial charge in [-0.2, -0.15) is 0 Å². The number of carbonyl (C=O) groups is 2. The summed E-state index contributed by atoms with van der Waals surface area (Å²) in [5, 5.41) is 0. The highest BCUT2D eigenvalue weighted by molar-refractivity contribution is 5.69. The average molecular weight is 651 g/mol. The molecule has 4 heteroatoms. The highest BCUT2D eigenvalue weighted by atomic mass is 16.5. The van der Waals surface area contributed by atoms with Gasteiger partial charge in [-0.25, -0.2) is 0 Å². The Balaban J connectivity index is 3.18. The summed E-state index contributed by atoms with van der Waals surface area (Å²) in [7, 11) is 0. The predicted molar refractivity (Wildman–Crippen MR) is 199 cm³/mol. The predicted octanol–water partition coefficient (Wildman–Crippen LogP) is 14.2. The van der Waals surface area contributed by atoms with Crippen molar-refractivity contribution in [1.29, 1.82) is 0 Å². The molecule has 0 spiro atoms. The molecule has 0 radical (unpaired) electrons. The molecule has 0 amide bonds. The molecular weight excluding hydrogens is 568 g/mol. The number of hydrogen-bond acceptors (Lipinski definition) is 4. The first-order valence-corrected chi connectivity index (χ1v) is 21.0. The molecule has 274 valence electrons. The van der Waals surface area contributed by atoms with E-state index in [-0.39, 0.29) is 11.9 Å². The fourth-order valence-electron chi connectivity index (χ4n) is 6.36. The van der Waals surface area contributed by atoms with Crippen molar-refractivity contribution in [3.8, 4) is 0 Å². The highest BCUT2D eigenvalue weighted by Crippen LogP contribution is 2.15.